The lowest BCUT2D eigenvalue weighted by Gasteiger charge is -2.27. The number of rotatable bonds is 10. The summed E-state index contributed by atoms with van der Waals surface area (Å²) in [4.78, 5) is 36.8. The van der Waals surface area contributed by atoms with E-state index in [-0.39, 0.29) is 31.9 Å². The maximum absolute atomic E-state index is 12.2. The van der Waals surface area contributed by atoms with Crippen LogP contribution in [0.2, 0.25) is 10.0 Å². The van der Waals surface area contributed by atoms with Gasteiger partial charge in [0.1, 0.15) is 18.7 Å². The number of hydrogen-bond acceptors (Lipinski definition) is 5. The third-order valence-electron chi connectivity index (χ3n) is 4.56. The molecule has 3 N–H and O–H groups in total. The Balaban J connectivity index is 2.13. The SMILES string of the molecule is CC(C)C[C@H](N[C@@H](C[C@H]1COC(=O)N1Cc1cc(Cl)cc(Cl)c1)C(=O)O)C(=O)O. The third-order valence-corrected chi connectivity index (χ3v) is 5.00. The number of aliphatic carboxylic acids is 2. The molecule has 0 radical (unpaired) electrons. The Morgan fingerprint density at radius 3 is 2.28 bits per heavy atom. The summed E-state index contributed by atoms with van der Waals surface area (Å²) in [5.41, 5.74) is 0.675. The number of carboxylic acids is 2. The molecule has 0 saturated carbocycles. The molecule has 1 aromatic rings. The number of carbonyl (C=O) groups excluding carboxylic acids is 1. The van der Waals surface area contributed by atoms with Crippen molar-refractivity contribution >= 4 is 41.2 Å². The minimum atomic E-state index is -1.19. The van der Waals surface area contributed by atoms with E-state index >= 15 is 0 Å². The summed E-state index contributed by atoms with van der Waals surface area (Å²) >= 11 is 12.0. The first-order chi connectivity index (χ1) is 13.6. The number of amides is 1. The monoisotopic (exact) mass is 446 g/mol. The van der Waals surface area contributed by atoms with Gasteiger partial charge in [-0.3, -0.25) is 19.8 Å². The highest BCUT2D eigenvalue weighted by molar-refractivity contribution is 6.34. The molecular formula is C19H24Cl2N2O6. The van der Waals surface area contributed by atoms with Crippen LogP contribution in [0.3, 0.4) is 0 Å². The Morgan fingerprint density at radius 1 is 1.17 bits per heavy atom. The summed E-state index contributed by atoms with van der Waals surface area (Å²) < 4.78 is 5.09. The van der Waals surface area contributed by atoms with Crippen molar-refractivity contribution in [2.45, 2.75) is 51.4 Å². The van der Waals surface area contributed by atoms with E-state index in [1.165, 1.54) is 4.90 Å². The lowest BCUT2D eigenvalue weighted by atomic mass is 10.0. The van der Waals surface area contributed by atoms with Crippen LogP contribution in [-0.2, 0) is 20.9 Å². The van der Waals surface area contributed by atoms with Crippen LogP contribution in [0.25, 0.3) is 0 Å². The number of carbonyl (C=O) groups is 3. The molecular weight excluding hydrogens is 423 g/mol. The van der Waals surface area contributed by atoms with Crippen molar-refractivity contribution in [2.24, 2.45) is 5.92 Å². The van der Waals surface area contributed by atoms with Crippen LogP contribution in [0.5, 0.6) is 0 Å². The van der Waals surface area contributed by atoms with Gasteiger partial charge in [-0.15, -0.1) is 0 Å². The quantitative estimate of drug-likeness (QED) is 0.504. The summed E-state index contributed by atoms with van der Waals surface area (Å²) in [5.74, 6) is -2.24. The van der Waals surface area contributed by atoms with Crippen LogP contribution in [0.1, 0.15) is 32.3 Å². The first-order valence-electron chi connectivity index (χ1n) is 9.16. The highest BCUT2D eigenvalue weighted by Gasteiger charge is 2.37. The van der Waals surface area contributed by atoms with Gasteiger partial charge in [-0.25, -0.2) is 4.79 Å². The molecule has 1 aromatic carbocycles. The lowest BCUT2D eigenvalue weighted by Crippen LogP contribution is -2.50. The van der Waals surface area contributed by atoms with E-state index in [0.29, 0.717) is 15.6 Å². The van der Waals surface area contributed by atoms with Crippen LogP contribution in [0.15, 0.2) is 18.2 Å². The van der Waals surface area contributed by atoms with E-state index in [0.717, 1.165) is 0 Å². The fourth-order valence-electron chi connectivity index (χ4n) is 3.24. The first-order valence-corrected chi connectivity index (χ1v) is 9.92. The van der Waals surface area contributed by atoms with Crippen LogP contribution >= 0.6 is 23.2 Å². The van der Waals surface area contributed by atoms with Crippen molar-refractivity contribution in [1.29, 1.82) is 0 Å². The van der Waals surface area contributed by atoms with Crippen molar-refractivity contribution < 1.29 is 29.3 Å². The third kappa shape index (κ3) is 6.76. The largest absolute Gasteiger partial charge is 0.480 e. The van der Waals surface area contributed by atoms with Gasteiger partial charge in [0.05, 0.1) is 6.04 Å². The fourth-order valence-corrected chi connectivity index (χ4v) is 3.82. The van der Waals surface area contributed by atoms with E-state index in [1.54, 1.807) is 18.2 Å². The van der Waals surface area contributed by atoms with E-state index in [9.17, 15) is 24.6 Å². The summed E-state index contributed by atoms with van der Waals surface area (Å²) in [6.45, 7) is 3.87. The number of hydrogen-bond donors (Lipinski definition) is 3. The minimum absolute atomic E-state index is 0.00273. The zero-order chi connectivity index (χ0) is 21.7. The van der Waals surface area contributed by atoms with Gasteiger partial charge in [0.2, 0.25) is 0 Å². The van der Waals surface area contributed by atoms with Crippen LogP contribution in [-0.4, -0.2) is 57.9 Å². The Bertz CT molecular complexity index is 753. The zero-order valence-electron chi connectivity index (χ0n) is 16.1. The fraction of sp³-hybridized carbons (Fsp3) is 0.526. The second-order valence-electron chi connectivity index (χ2n) is 7.45. The molecule has 8 nitrogen and oxygen atoms in total. The number of nitrogens with one attached hydrogen (secondary N) is 1. The van der Waals surface area contributed by atoms with Crippen molar-refractivity contribution in [3.05, 3.63) is 33.8 Å². The van der Waals surface area contributed by atoms with Crippen molar-refractivity contribution in [1.82, 2.24) is 10.2 Å². The van der Waals surface area contributed by atoms with Crippen LogP contribution in [0.4, 0.5) is 4.79 Å². The molecule has 160 valence electrons. The number of ether oxygens (including phenoxy) is 1. The summed E-state index contributed by atoms with van der Waals surface area (Å²) in [7, 11) is 0. The van der Waals surface area contributed by atoms with Gasteiger partial charge in [0.25, 0.3) is 0 Å². The number of nitrogens with zero attached hydrogens (tertiary/aromatic N) is 1. The van der Waals surface area contributed by atoms with Gasteiger partial charge in [-0.1, -0.05) is 37.0 Å². The van der Waals surface area contributed by atoms with Crippen molar-refractivity contribution in [3.63, 3.8) is 0 Å². The van der Waals surface area contributed by atoms with Gasteiger partial charge in [0, 0.05) is 16.6 Å². The second kappa shape index (κ2) is 10.1. The number of halogens is 2. The molecule has 0 unspecified atom stereocenters. The second-order valence-corrected chi connectivity index (χ2v) is 8.32. The molecule has 1 amide bonds. The molecule has 1 aliphatic rings. The van der Waals surface area contributed by atoms with Gasteiger partial charge in [-0.2, -0.15) is 0 Å². The molecule has 29 heavy (non-hydrogen) atoms. The Morgan fingerprint density at radius 2 is 1.76 bits per heavy atom. The standard InChI is InChI=1S/C19H24Cl2N2O6/c1-10(2)3-15(17(24)25)22-16(18(26)27)7-14-9-29-19(28)23(14)8-11-4-12(20)6-13(21)5-11/h4-6,10,14-16,22H,3,7-9H2,1-2H3,(H,24,25)(H,26,27)/t14-,15-,16-/m0/s1. The number of carboxylic acid groups (broad SMARTS) is 2. The summed E-state index contributed by atoms with van der Waals surface area (Å²) in [6, 6.07) is 2.19. The topological polar surface area (TPSA) is 116 Å². The highest BCUT2D eigenvalue weighted by atomic mass is 35.5. The normalized spacial score (nSPS) is 18.6. The van der Waals surface area contributed by atoms with Gasteiger partial charge in [0.15, 0.2) is 0 Å². The zero-order valence-corrected chi connectivity index (χ0v) is 17.6. The maximum atomic E-state index is 12.2. The van der Waals surface area contributed by atoms with Gasteiger partial charge < -0.3 is 14.9 Å². The van der Waals surface area contributed by atoms with E-state index in [4.69, 9.17) is 27.9 Å². The predicted octanol–water partition coefficient (Wildman–Crippen LogP) is 3.25. The minimum Gasteiger partial charge on any atom is -0.480 e. The van der Waals surface area contributed by atoms with E-state index in [2.05, 4.69) is 5.32 Å². The highest BCUT2D eigenvalue weighted by Crippen LogP contribution is 2.24. The van der Waals surface area contributed by atoms with Gasteiger partial charge in [-0.05, 0) is 42.5 Å². The Kier molecular flexibility index (Phi) is 8.13. The number of cyclic esters (lactones) is 1. The molecule has 0 aliphatic carbocycles. The molecule has 10 heteroatoms. The predicted molar refractivity (Wildman–Crippen MR) is 107 cm³/mol. The first kappa shape index (κ1) is 23.3. The van der Waals surface area contributed by atoms with Crippen molar-refractivity contribution in [3.8, 4) is 0 Å². The van der Waals surface area contributed by atoms with Crippen LogP contribution < -0.4 is 5.32 Å². The molecule has 2 rings (SSSR count). The molecule has 0 aromatic heterocycles. The molecule has 1 heterocycles. The molecule has 1 fully saturated rings. The average Bonchev–Trinajstić information content (AvgIpc) is 2.92. The molecule has 0 spiro atoms. The molecule has 0 bridgehead atoms. The maximum Gasteiger partial charge on any atom is 0.410 e. The van der Waals surface area contributed by atoms with Crippen LogP contribution in [0, 0.1) is 5.92 Å². The van der Waals surface area contributed by atoms with Crippen molar-refractivity contribution in [2.75, 3.05) is 6.61 Å². The van der Waals surface area contributed by atoms with Gasteiger partial charge >= 0.3 is 18.0 Å². The summed E-state index contributed by atoms with van der Waals surface area (Å²) in [6.07, 6.45) is -0.298. The number of benzene rings is 1. The van der Waals surface area contributed by atoms with E-state index in [1.807, 2.05) is 13.8 Å². The molecule has 1 saturated heterocycles. The average molecular weight is 447 g/mol. The Hall–Kier alpha value is -2.03. The molecule has 1 aliphatic heterocycles. The molecule has 3 atom stereocenters. The summed E-state index contributed by atoms with van der Waals surface area (Å²) in [5, 5.41) is 22.5. The smallest absolute Gasteiger partial charge is 0.410 e. The Labute approximate surface area is 178 Å². The lowest BCUT2D eigenvalue weighted by molar-refractivity contribution is -0.143. The van der Waals surface area contributed by atoms with E-state index < -0.39 is 36.2 Å².